The number of benzene rings is 2. The molecule has 2 aliphatic heterocycles. The number of carbonyl (C=O) groups is 1. The van der Waals surface area contributed by atoms with Gasteiger partial charge in [-0.2, -0.15) is 4.31 Å². The molecule has 6 nitrogen and oxygen atoms in total. The van der Waals surface area contributed by atoms with Crippen LogP contribution in [0.4, 0.5) is 0 Å². The van der Waals surface area contributed by atoms with E-state index in [4.69, 9.17) is 11.6 Å². The molecule has 2 aromatic rings. The number of nitrogens with one attached hydrogen (secondary N) is 1. The molecule has 2 heterocycles. The Labute approximate surface area is 181 Å². The molecule has 2 aromatic carbocycles. The van der Waals surface area contributed by atoms with Crippen molar-refractivity contribution in [3.63, 3.8) is 0 Å². The van der Waals surface area contributed by atoms with Crippen LogP contribution in [0.3, 0.4) is 0 Å². The maximum Gasteiger partial charge on any atom is 0.291 e. The Bertz CT molecular complexity index is 1100. The molecule has 0 aromatic heterocycles. The Balaban J connectivity index is 1.40. The number of rotatable bonds is 4. The zero-order valence-corrected chi connectivity index (χ0v) is 17.9. The maximum atomic E-state index is 12.7. The van der Waals surface area contributed by atoms with Crippen LogP contribution >= 0.6 is 11.6 Å². The molecule has 0 amide bonds. The standard InChI is InChI=1S/C22H22ClN3O3S/c23-20-7-5-19(6-8-20)22(27)30(28,29)26-13-9-17(10-14-26)15-16-1-3-18(4-2-16)21-24-11-12-25-21/h1-8,15H,9-14H2,(H,24,25). The average molecular weight is 444 g/mol. The Morgan fingerprint density at radius 1 is 1.03 bits per heavy atom. The third kappa shape index (κ3) is 4.48. The van der Waals surface area contributed by atoms with Gasteiger partial charge in [-0.15, -0.1) is 0 Å². The Kier molecular flexibility index (Phi) is 6.04. The highest BCUT2D eigenvalue weighted by molar-refractivity contribution is 8.04. The quantitative estimate of drug-likeness (QED) is 0.786. The number of sulfonamides is 1. The first-order valence-electron chi connectivity index (χ1n) is 9.82. The molecular weight excluding hydrogens is 422 g/mol. The van der Waals surface area contributed by atoms with Crippen molar-refractivity contribution in [2.45, 2.75) is 12.8 Å². The molecule has 0 spiro atoms. The van der Waals surface area contributed by atoms with E-state index in [1.807, 2.05) is 24.3 Å². The van der Waals surface area contributed by atoms with Crippen LogP contribution in [-0.2, 0) is 10.0 Å². The van der Waals surface area contributed by atoms with Gasteiger partial charge in [0.25, 0.3) is 15.1 Å². The molecule has 0 radical (unpaired) electrons. The summed E-state index contributed by atoms with van der Waals surface area (Å²) in [7, 11) is -4.04. The van der Waals surface area contributed by atoms with Crippen LogP contribution in [-0.4, -0.2) is 49.9 Å². The second-order valence-electron chi connectivity index (χ2n) is 7.28. The van der Waals surface area contributed by atoms with Crippen LogP contribution < -0.4 is 5.32 Å². The van der Waals surface area contributed by atoms with Crippen LogP contribution in [0.5, 0.6) is 0 Å². The lowest BCUT2D eigenvalue weighted by atomic mass is 10.0. The summed E-state index contributed by atoms with van der Waals surface area (Å²) >= 11 is 5.82. The van der Waals surface area contributed by atoms with Crippen LogP contribution in [0.2, 0.25) is 5.02 Å². The minimum absolute atomic E-state index is 0.127. The van der Waals surface area contributed by atoms with E-state index in [1.165, 1.54) is 34.1 Å². The van der Waals surface area contributed by atoms with Crippen LogP contribution in [0.1, 0.15) is 34.3 Å². The molecule has 8 heteroatoms. The van der Waals surface area contributed by atoms with E-state index in [9.17, 15) is 13.2 Å². The zero-order chi connectivity index (χ0) is 21.1. The van der Waals surface area contributed by atoms with E-state index in [0.717, 1.165) is 30.1 Å². The molecular formula is C22H22ClN3O3S. The van der Waals surface area contributed by atoms with E-state index in [0.29, 0.717) is 31.0 Å². The smallest absolute Gasteiger partial charge is 0.291 e. The van der Waals surface area contributed by atoms with Gasteiger partial charge in [-0.3, -0.25) is 9.79 Å². The first-order chi connectivity index (χ1) is 14.4. The van der Waals surface area contributed by atoms with Crippen molar-refractivity contribution in [3.05, 3.63) is 75.8 Å². The molecule has 1 fully saturated rings. The minimum Gasteiger partial charge on any atom is -0.368 e. The summed E-state index contributed by atoms with van der Waals surface area (Å²) in [5, 5.41) is 2.83. The van der Waals surface area contributed by atoms with Crippen LogP contribution in [0.25, 0.3) is 6.08 Å². The molecule has 156 valence electrons. The second-order valence-corrected chi connectivity index (χ2v) is 9.55. The summed E-state index contributed by atoms with van der Waals surface area (Å²) in [6.07, 6.45) is 3.30. The van der Waals surface area contributed by atoms with Gasteiger partial charge in [-0.1, -0.05) is 47.5 Å². The summed E-state index contributed by atoms with van der Waals surface area (Å²) in [6.45, 7) is 2.28. The number of carbonyl (C=O) groups excluding carboxylic acids is 1. The van der Waals surface area contributed by atoms with Crippen LogP contribution in [0.15, 0.2) is 59.1 Å². The van der Waals surface area contributed by atoms with Gasteiger partial charge in [0.1, 0.15) is 5.84 Å². The highest BCUT2D eigenvalue weighted by Crippen LogP contribution is 2.24. The molecule has 0 aliphatic carbocycles. The summed E-state index contributed by atoms with van der Waals surface area (Å²) < 4.78 is 26.7. The predicted octanol–water partition coefficient (Wildman–Crippen LogP) is 3.34. The fraction of sp³-hybridized carbons (Fsp3) is 0.273. The van der Waals surface area contributed by atoms with Crippen molar-refractivity contribution < 1.29 is 13.2 Å². The van der Waals surface area contributed by atoms with Crippen molar-refractivity contribution in [2.24, 2.45) is 4.99 Å². The average Bonchev–Trinajstić information content (AvgIpc) is 3.30. The maximum absolute atomic E-state index is 12.7. The second kappa shape index (κ2) is 8.71. The highest BCUT2D eigenvalue weighted by atomic mass is 35.5. The highest BCUT2D eigenvalue weighted by Gasteiger charge is 2.33. The normalized spacial score (nSPS) is 17.4. The number of aliphatic imine (C=N–C) groups is 1. The minimum atomic E-state index is -4.04. The van der Waals surface area contributed by atoms with Crippen molar-refractivity contribution in [1.82, 2.24) is 9.62 Å². The van der Waals surface area contributed by atoms with Gasteiger partial charge < -0.3 is 5.32 Å². The zero-order valence-electron chi connectivity index (χ0n) is 16.3. The summed E-state index contributed by atoms with van der Waals surface area (Å²) in [5.41, 5.74) is 3.43. The van der Waals surface area contributed by atoms with E-state index in [1.54, 1.807) is 0 Å². The summed E-state index contributed by atoms with van der Waals surface area (Å²) in [4.78, 5) is 16.9. The molecule has 4 rings (SSSR count). The van der Waals surface area contributed by atoms with Gasteiger partial charge in [-0.05, 0) is 42.7 Å². The van der Waals surface area contributed by atoms with Gasteiger partial charge in [0, 0.05) is 35.8 Å². The lowest BCUT2D eigenvalue weighted by molar-refractivity contribution is 0.106. The predicted molar refractivity (Wildman–Crippen MR) is 119 cm³/mol. The van der Waals surface area contributed by atoms with Crippen LogP contribution in [0, 0.1) is 0 Å². The summed E-state index contributed by atoms with van der Waals surface area (Å²) in [5.74, 6) is 0.929. The molecule has 0 saturated carbocycles. The lowest BCUT2D eigenvalue weighted by Crippen LogP contribution is -2.40. The molecule has 1 N–H and O–H groups in total. The van der Waals surface area contributed by atoms with E-state index in [-0.39, 0.29) is 5.56 Å². The molecule has 2 aliphatic rings. The van der Waals surface area contributed by atoms with Crippen molar-refractivity contribution in [3.8, 4) is 0 Å². The first kappa shape index (κ1) is 20.8. The Morgan fingerprint density at radius 2 is 1.70 bits per heavy atom. The molecule has 30 heavy (non-hydrogen) atoms. The SMILES string of the molecule is O=C(c1ccc(Cl)cc1)S(=O)(=O)N1CCC(=Cc2ccc(C3=NCCN3)cc2)CC1. The number of hydrogen-bond acceptors (Lipinski definition) is 5. The number of nitrogens with zero attached hydrogens (tertiary/aromatic N) is 2. The molecule has 0 unspecified atom stereocenters. The Hall–Kier alpha value is -2.48. The summed E-state index contributed by atoms with van der Waals surface area (Å²) in [6, 6.07) is 14.1. The number of piperidine rings is 1. The fourth-order valence-electron chi connectivity index (χ4n) is 3.57. The Morgan fingerprint density at radius 3 is 2.30 bits per heavy atom. The number of halogens is 1. The largest absolute Gasteiger partial charge is 0.368 e. The van der Waals surface area contributed by atoms with Crippen molar-refractivity contribution in [2.75, 3.05) is 26.2 Å². The van der Waals surface area contributed by atoms with Gasteiger partial charge in [-0.25, -0.2) is 8.42 Å². The van der Waals surface area contributed by atoms with E-state index in [2.05, 4.69) is 16.4 Å². The molecule has 1 saturated heterocycles. The van der Waals surface area contributed by atoms with Gasteiger partial charge in [0.15, 0.2) is 0 Å². The van der Waals surface area contributed by atoms with Crippen molar-refractivity contribution >= 4 is 38.7 Å². The fourth-order valence-corrected chi connectivity index (χ4v) is 5.03. The molecule has 0 atom stereocenters. The number of hydrogen-bond donors (Lipinski definition) is 1. The topological polar surface area (TPSA) is 78.8 Å². The first-order valence-corrected chi connectivity index (χ1v) is 11.6. The van der Waals surface area contributed by atoms with Gasteiger partial charge in [0.2, 0.25) is 0 Å². The monoisotopic (exact) mass is 443 g/mol. The third-order valence-corrected chi connectivity index (χ3v) is 7.25. The van der Waals surface area contributed by atoms with E-state index >= 15 is 0 Å². The third-order valence-electron chi connectivity index (χ3n) is 5.25. The van der Waals surface area contributed by atoms with Gasteiger partial charge >= 0.3 is 0 Å². The lowest BCUT2D eigenvalue weighted by Gasteiger charge is -2.27. The van der Waals surface area contributed by atoms with E-state index < -0.39 is 15.1 Å². The molecule has 0 bridgehead atoms. The van der Waals surface area contributed by atoms with Crippen molar-refractivity contribution in [1.29, 1.82) is 0 Å². The van der Waals surface area contributed by atoms with Gasteiger partial charge in [0.05, 0.1) is 6.54 Å². The number of amidine groups is 1.